The lowest BCUT2D eigenvalue weighted by molar-refractivity contribution is 0.0666. The molecule has 100 valence electrons. The number of hydrogen-bond donors (Lipinski definition) is 1. The zero-order valence-corrected chi connectivity index (χ0v) is 11.0. The summed E-state index contributed by atoms with van der Waals surface area (Å²) >= 11 is 0. The molecule has 0 saturated carbocycles. The highest BCUT2D eigenvalue weighted by Crippen LogP contribution is 2.17. The van der Waals surface area contributed by atoms with Crippen molar-refractivity contribution in [3.05, 3.63) is 11.8 Å². The molecule has 4 heteroatoms. The first-order valence-corrected chi connectivity index (χ1v) is 6.49. The third-order valence-electron chi connectivity index (χ3n) is 2.84. The second-order valence-electron chi connectivity index (χ2n) is 4.17. The highest BCUT2D eigenvalue weighted by Gasteiger charge is 2.15. The minimum absolute atomic E-state index is 0.392. The van der Waals surface area contributed by atoms with Crippen LogP contribution >= 0.6 is 0 Å². The van der Waals surface area contributed by atoms with Crippen molar-refractivity contribution >= 4 is 0 Å². The van der Waals surface area contributed by atoms with Crippen molar-refractivity contribution in [2.75, 3.05) is 40.1 Å². The topological polar surface area (TPSA) is 39.7 Å². The molecule has 1 unspecified atom stereocenters. The van der Waals surface area contributed by atoms with E-state index in [9.17, 15) is 0 Å². The molecule has 4 nitrogen and oxygen atoms in total. The summed E-state index contributed by atoms with van der Waals surface area (Å²) in [6.45, 7) is 6.05. The zero-order valence-electron chi connectivity index (χ0n) is 11.0. The molecule has 1 aliphatic heterocycles. The Balaban J connectivity index is 2.24. The van der Waals surface area contributed by atoms with Crippen LogP contribution in [0.4, 0.5) is 0 Å². The maximum atomic E-state index is 5.51. The van der Waals surface area contributed by atoms with E-state index in [-0.39, 0.29) is 0 Å². The molecule has 0 bridgehead atoms. The van der Waals surface area contributed by atoms with E-state index in [1.54, 1.807) is 7.11 Å². The molecule has 17 heavy (non-hydrogen) atoms. The van der Waals surface area contributed by atoms with Crippen molar-refractivity contribution in [3.63, 3.8) is 0 Å². The predicted molar refractivity (Wildman–Crippen MR) is 68.0 cm³/mol. The fourth-order valence-corrected chi connectivity index (χ4v) is 1.95. The summed E-state index contributed by atoms with van der Waals surface area (Å²) in [6, 6.07) is 0.392. The minimum Gasteiger partial charge on any atom is -0.501 e. The Bertz CT molecular complexity index is 219. The first-order valence-electron chi connectivity index (χ1n) is 6.49. The van der Waals surface area contributed by atoms with E-state index in [2.05, 4.69) is 12.2 Å². The summed E-state index contributed by atoms with van der Waals surface area (Å²) in [4.78, 5) is 0. The summed E-state index contributed by atoms with van der Waals surface area (Å²) in [5, 5.41) is 3.48. The molecule has 0 aromatic rings. The van der Waals surface area contributed by atoms with E-state index >= 15 is 0 Å². The van der Waals surface area contributed by atoms with Crippen molar-refractivity contribution in [3.8, 4) is 0 Å². The molecule has 1 aliphatic rings. The number of rotatable bonds is 9. The average Bonchev–Trinajstić information content (AvgIpc) is 2.38. The van der Waals surface area contributed by atoms with Gasteiger partial charge in [-0.1, -0.05) is 6.92 Å². The summed E-state index contributed by atoms with van der Waals surface area (Å²) in [7, 11) is 1.69. The second kappa shape index (κ2) is 9.45. The van der Waals surface area contributed by atoms with Gasteiger partial charge in [0.1, 0.15) is 0 Å². The van der Waals surface area contributed by atoms with Crippen LogP contribution in [0.25, 0.3) is 0 Å². The van der Waals surface area contributed by atoms with E-state index in [0.29, 0.717) is 19.3 Å². The van der Waals surface area contributed by atoms with Crippen molar-refractivity contribution in [2.24, 2.45) is 0 Å². The van der Waals surface area contributed by atoms with Crippen LogP contribution in [0.3, 0.4) is 0 Å². The van der Waals surface area contributed by atoms with Gasteiger partial charge in [-0.2, -0.15) is 0 Å². The number of ether oxygens (including phenoxy) is 3. The van der Waals surface area contributed by atoms with E-state index in [4.69, 9.17) is 14.2 Å². The maximum Gasteiger partial charge on any atom is 0.0876 e. The van der Waals surface area contributed by atoms with Gasteiger partial charge in [-0.15, -0.1) is 0 Å². The Morgan fingerprint density at radius 1 is 1.41 bits per heavy atom. The molecule has 0 aliphatic carbocycles. The van der Waals surface area contributed by atoms with Gasteiger partial charge in [-0.25, -0.2) is 0 Å². The van der Waals surface area contributed by atoms with Crippen molar-refractivity contribution in [1.29, 1.82) is 0 Å². The van der Waals surface area contributed by atoms with Crippen LogP contribution in [-0.4, -0.2) is 46.1 Å². The van der Waals surface area contributed by atoms with E-state index < -0.39 is 0 Å². The van der Waals surface area contributed by atoms with Crippen LogP contribution in [0.2, 0.25) is 0 Å². The molecule has 1 heterocycles. The highest BCUT2D eigenvalue weighted by atomic mass is 16.5. The Morgan fingerprint density at radius 3 is 2.94 bits per heavy atom. The quantitative estimate of drug-likeness (QED) is 0.626. The fraction of sp³-hybridized carbons (Fsp3) is 0.846. The number of likely N-dealkylation sites (N-methyl/N-ethyl adjacent to an activating group) is 1. The van der Waals surface area contributed by atoms with Gasteiger partial charge in [0.15, 0.2) is 0 Å². The van der Waals surface area contributed by atoms with Crippen LogP contribution in [0, 0.1) is 0 Å². The van der Waals surface area contributed by atoms with Crippen LogP contribution in [-0.2, 0) is 14.2 Å². The van der Waals surface area contributed by atoms with Crippen LogP contribution in [0.15, 0.2) is 11.8 Å². The lowest BCUT2D eigenvalue weighted by Gasteiger charge is -2.23. The van der Waals surface area contributed by atoms with Gasteiger partial charge in [-0.05, 0) is 31.4 Å². The molecule has 0 radical (unpaired) electrons. The SMILES string of the molecule is CCNC(CCOCCOC)C1=COCCC1. The molecule has 1 rings (SSSR count). The molecule has 0 saturated heterocycles. The van der Waals surface area contributed by atoms with Crippen LogP contribution < -0.4 is 5.32 Å². The molecule has 0 amide bonds. The lowest BCUT2D eigenvalue weighted by Crippen LogP contribution is -2.33. The van der Waals surface area contributed by atoms with Gasteiger partial charge >= 0.3 is 0 Å². The largest absolute Gasteiger partial charge is 0.501 e. The monoisotopic (exact) mass is 243 g/mol. The molecule has 0 fully saturated rings. The standard InChI is InChI=1S/C13H25NO3/c1-3-14-13(6-8-16-10-9-15-2)12-5-4-7-17-11-12/h11,13-14H,3-10H2,1-2H3. The third-order valence-corrected chi connectivity index (χ3v) is 2.84. The average molecular weight is 243 g/mol. The summed E-state index contributed by atoms with van der Waals surface area (Å²) in [6.07, 6.45) is 5.17. The number of hydrogen-bond acceptors (Lipinski definition) is 4. The maximum absolute atomic E-state index is 5.51. The molecule has 0 spiro atoms. The van der Waals surface area contributed by atoms with Crippen molar-refractivity contribution < 1.29 is 14.2 Å². The fourth-order valence-electron chi connectivity index (χ4n) is 1.95. The van der Waals surface area contributed by atoms with Gasteiger partial charge in [0.2, 0.25) is 0 Å². The molecule has 0 aromatic carbocycles. The zero-order chi connectivity index (χ0) is 12.3. The molecule has 1 N–H and O–H groups in total. The Morgan fingerprint density at radius 2 is 2.29 bits per heavy atom. The van der Waals surface area contributed by atoms with Crippen molar-refractivity contribution in [2.45, 2.75) is 32.2 Å². The molecular formula is C13H25NO3. The van der Waals surface area contributed by atoms with Gasteiger partial charge in [-0.3, -0.25) is 0 Å². The van der Waals surface area contributed by atoms with E-state index in [1.165, 1.54) is 5.57 Å². The van der Waals surface area contributed by atoms with Gasteiger partial charge in [0.25, 0.3) is 0 Å². The lowest BCUT2D eigenvalue weighted by atomic mass is 9.99. The first kappa shape index (κ1) is 14.5. The van der Waals surface area contributed by atoms with E-state index in [0.717, 1.165) is 39.0 Å². The Labute approximate surface area is 104 Å². The normalized spacial score (nSPS) is 17.4. The first-order chi connectivity index (χ1) is 8.38. The summed E-state index contributed by atoms with van der Waals surface area (Å²) in [5.41, 5.74) is 1.37. The smallest absolute Gasteiger partial charge is 0.0876 e. The summed E-state index contributed by atoms with van der Waals surface area (Å²) in [5.74, 6) is 0. The van der Waals surface area contributed by atoms with Crippen molar-refractivity contribution in [1.82, 2.24) is 5.32 Å². The Kier molecular flexibility index (Phi) is 8.05. The minimum atomic E-state index is 0.392. The highest BCUT2D eigenvalue weighted by molar-refractivity contribution is 5.09. The van der Waals surface area contributed by atoms with Crippen LogP contribution in [0.1, 0.15) is 26.2 Å². The van der Waals surface area contributed by atoms with Gasteiger partial charge in [0, 0.05) is 19.8 Å². The molecule has 1 atom stereocenters. The number of nitrogens with one attached hydrogen (secondary N) is 1. The van der Waals surface area contributed by atoms with Gasteiger partial charge < -0.3 is 19.5 Å². The number of methoxy groups -OCH3 is 1. The Hall–Kier alpha value is -0.580. The van der Waals surface area contributed by atoms with Crippen LogP contribution in [0.5, 0.6) is 0 Å². The molecular weight excluding hydrogens is 218 g/mol. The predicted octanol–water partition coefficient (Wildman–Crippen LogP) is 1.71. The second-order valence-corrected chi connectivity index (χ2v) is 4.17. The summed E-state index contributed by atoms with van der Waals surface area (Å²) < 4.78 is 15.8. The van der Waals surface area contributed by atoms with Gasteiger partial charge in [0.05, 0.1) is 26.1 Å². The van der Waals surface area contributed by atoms with E-state index in [1.807, 2.05) is 6.26 Å². The third kappa shape index (κ3) is 6.05. The molecule has 0 aromatic heterocycles.